The van der Waals surface area contributed by atoms with Crippen LogP contribution in [-0.2, 0) is 12.8 Å². The minimum absolute atomic E-state index is 0.0211. The number of halogens is 4. The second-order valence-electron chi connectivity index (χ2n) is 6.02. The van der Waals surface area contributed by atoms with E-state index in [1.165, 1.54) is 17.4 Å². The summed E-state index contributed by atoms with van der Waals surface area (Å²) in [6.45, 7) is 2.22. The summed E-state index contributed by atoms with van der Waals surface area (Å²) >= 11 is 6.78. The van der Waals surface area contributed by atoms with Crippen molar-refractivity contribution in [3.8, 4) is 5.75 Å². The summed E-state index contributed by atoms with van der Waals surface area (Å²) in [5.74, 6) is 0.253. The number of alkyl halides is 3. The van der Waals surface area contributed by atoms with Crippen LogP contribution in [0.15, 0.2) is 53.9 Å². The molecule has 2 aromatic carbocycles. The van der Waals surface area contributed by atoms with Crippen molar-refractivity contribution in [2.75, 3.05) is 5.32 Å². The van der Waals surface area contributed by atoms with Crippen LogP contribution in [-0.4, -0.2) is 5.91 Å². The molecule has 0 radical (unpaired) electrons. The molecule has 0 spiro atoms. The van der Waals surface area contributed by atoms with E-state index in [9.17, 15) is 18.0 Å². The van der Waals surface area contributed by atoms with Gasteiger partial charge in [0.05, 0.1) is 15.5 Å². The number of carbonyl (C=O) groups excluding carboxylic acids is 1. The van der Waals surface area contributed by atoms with Gasteiger partial charge in [0.25, 0.3) is 5.91 Å². The Hall–Kier alpha value is -2.51. The van der Waals surface area contributed by atoms with E-state index in [0.29, 0.717) is 4.88 Å². The van der Waals surface area contributed by atoms with E-state index < -0.39 is 22.7 Å². The molecule has 0 aliphatic carbocycles. The molecular formula is C20H15ClF3NO2S. The van der Waals surface area contributed by atoms with Crippen molar-refractivity contribution in [1.29, 1.82) is 0 Å². The van der Waals surface area contributed by atoms with Crippen LogP contribution < -0.4 is 10.1 Å². The van der Waals surface area contributed by atoms with E-state index in [1.807, 2.05) is 31.2 Å². The standard InChI is InChI=1S/C20H15ClF3NO2S/c1-12-4-2-3-5-17(12)27-10-13-8-18(28-11-13)19(26)25-14-6-7-16(21)15(9-14)20(22,23)24/h2-9,11H,10H2,1H3,(H,25,26). The smallest absolute Gasteiger partial charge is 0.417 e. The van der Waals surface area contributed by atoms with Gasteiger partial charge < -0.3 is 10.1 Å². The third-order valence-corrected chi connectivity index (χ3v) is 5.20. The Bertz CT molecular complexity index is 1000. The molecule has 1 amide bonds. The third-order valence-electron chi connectivity index (χ3n) is 3.90. The Morgan fingerprint density at radius 3 is 2.64 bits per heavy atom. The molecule has 8 heteroatoms. The number of thiophene rings is 1. The van der Waals surface area contributed by atoms with E-state index in [1.54, 1.807) is 11.4 Å². The maximum atomic E-state index is 12.9. The molecule has 0 aliphatic rings. The highest BCUT2D eigenvalue weighted by molar-refractivity contribution is 7.12. The number of ether oxygens (including phenoxy) is 1. The summed E-state index contributed by atoms with van der Waals surface area (Å²) in [5, 5.41) is 3.82. The Labute approximate surface area is 168 Å². The number of para-hydroxylation sites is 1. The maximum absolute atomic E-state index is 12.9. The minimum atomic E-state index is -4.60. The molecule has 3 aromatic rings. The lowest BCUT2D eigenvalue weighted by Gasteiger charge is -2.11. The van der Waals surface area contributed by atoms with Crippen LogP contribution in [0, 0.1) is 6.92 Å². The van der Waals surface area contributed by atoms with E-state index in [2.05, 4.69) is 5.32 Å². The van der Waals surface area contributed by atoms with Gasteiger partial charge in [-0.1, -0.05) is 29.8 Å². The van der Waals surface area contributed by atoms with Crippen LogP contribution >= 0.6 is 22.9 Å². The lowest BCUT2D eigenvalue weighted by Crippen LogP contribution is -2.12. The summed E-state index contributed by atoms with van der Waals surface area (Å²) in [4.78, 5) is 12.7. The Balaban J connectivity index is 1.67. The zero-order valence-corrected chi connectivity index (χ0v) is 16.2. The van der Waals surface area contributed by atoms with Crippen LogP contribution in [0.5, 0.6) is 5.75 Å². The topological polar surface area (TPSA) is 38.3 Å². The number of carbonyl (C=O) groups is 1. The highest BCUT2D eigenvalue weighted by atomic mass is 35.5. The van der Waals surface area contributed by atoms with E-state index in [0.717, 1.165) is 29.0 Å². The zero-order chi connectivity index (χ0) is 20.3. The fraction of sp³-hybridized carbons (Fsp3) is 0.150. The lowest BCUT2D eigenvalue weighted by molar-refractivity contribution is -0.137. The molecule has 3 rings (SSSR count). The van der Waals surface area contributed by atoms with Crippen LogP contribution in [0.25, 0.3) is 0 Å². The fourth-order valence-corrected chi connectivity index (χ4v) is 3.48. The lowest BCUT2D eigenvalue weighted by atomic mass is 10.2. The molecule has 1 heterocycles. The first-order valence-corrected chi connectivity index (χ1v) is 9.44. The molecule has 0 aliphatic heterocycles. The van der Waals surface area contributed by atoms with Crippen LogP contribution in [0.2, 0.25) is 5.02 Å². The van der Waals surface area contributed by atoms with Crippen molar-refractivity contribution < 1.29 is 22.7 Å². The first kappa shape index (κ1) is 20.2. The molecule has 0 unspecified atom stereocenters. The monoisotopic (exact) mass is 425 g/mol. The number of rotatable bonds is 5. The van der Waals surface area contributed by atoms with Gasteiger partial charge in [-0.05, 0) is 48.2 Å². The van der Waals surface area contributed by atoms with E-state index in [-0.39, 0.29) is 12.3 Å². The third kappa shape index (κ3) is 4.85. The molecule has 1 N–H and O–H groups in total. The van der Waals surface area contributed by atoms with Gasteiger partial charge in [-0.15, -0.1) is 11.3 Å². The number of benzene rings is 2. The summed E-state index contributed by atoms with van der Waals surface area (Å²) in [6, 6.07) is 12.5. The molecular weight excluding hydrogens is 411 g/mol. The van der Waals surface area contributed by atoms with Crippen molar-refractivity contribution in [2.24, 2.45) is 0 Å². The Morgan fingerprint density at radius 1 is 1.18 bits per heavy atom. The average Bonchev–Trinajstić information content (AvgIpc) is 3.11. The first-order chi connectivity index (χ1) is 13.2. The Morgan fingerprint density at radius 2 is 1.93 bits per heavy atom. The van der Waals surface area contributed by atoms with Gasteiger partial charge in [0, 0.05) is 11.3 Å². The maximum Gasteiger partial charge on any atom is 0.417 e. The molecule has 0 atom stereocenters. The second kappa shape index (κ2) is 8.24. The zero-order valence-electron chi connectivity index (χ0n) is 14.6. The van der Waals surface area contributed by atoms with Crippen molar-refractivity contribution in [2.45, 2.75) is 19.7 Å². The predicted molar refractivity (Wildman–Crippen MR) is 104 cm³/mol. The van der Waals surface area contributed by atoms with Crippen molar-refractivity contribution >= 4 is 34.5 Å². The molecule has 0 bridgehead atoms. The fourth-order valence-electron chi connectivity index (χ4n) is 2.46. The van der Waals surface area contributed by atoms with Crippen LogP contribution in [0.1, 0.15) is 26.4 Å². The molecule has 0 fully saturated rings. The van der Waals surface area contributed by atoms with Gasteiger partial charge >= 0.3 is 6.18 Å². The highest BCUT2D eigenvalue weighted by Crippen LogP contribution is 2.36. The first-order valence-electron chi connectivity index (χ1n) is 8.18. The minimum Gasteiger partial charge on any atom is -0.489 e. The second-order valence-corrected chi connectivity index (χ2v) is 7.34. The largest absolute Gasteiger partial charge is 0.489 e. The van der Waals surface area contributed by atoms with Crippen LogP contribution in [0.4, 0.5) is 18.9 Å². The number of aryl methyl sites for hydroxylation is 1. The number of anilines is 1. The summed E-state index contributed by atoms with van der Waals surface area (Å²) in [6.07, 6.45) is -4.60. The number of hydrogen-bond acceptors (Lipinski definition) is 3. The number of hydrogen-bond donors (Lipinski definition) is 1. The Kier molecular flexibility index (Phi) is 5.96. The van der Waals surface area contributed by atoms with E-state index in [4.69, 9.17) is 16.3 Å². The van der Waals surface area contributed by atoms with E-state index >= 15 is 0 Å². The predicted octanol–water partition coefficient (Wildman–Crippen LogP) is 6.56. The van der Waals surface area contributed by atoms with Crippen molar-refractivity contribution in [1.82, 2.24) is 0 Å². The van der Waals surface area contributed by atoms with Gasteiger partial charge in [-0.2, -0.15) is 13.2 Å². The van der Waals surface area contributed by atoms with Gasteiger partial charge in [-0.25, -0.2) is 0 Å². The normalized spacial score (nSPS) is 11.3. The summed E-state index contributed by atoms with van der Waals surface area (Å²) in [7, 11) is 0. The SMILES string of the molecule is Cc1ccccc1OCc1csc(C(=O)Nc2ccc(Cl)c(C(F)(F)F)c2)c1. The average molecular weight is 426 g/mol. The molecule has 0 saturated heterocycles. The molecule has 0 saturated carbocycles. The molecule has 1 aromatic heterocycles. The van der Waals surface area contributed by atoms with Crippen LogP contribution in [0.3, 0.4) is 0 Å². The quantitative estimate of drug-likeness (QED) is 0.502. The van der Waals surface area contributed by atoms with Gasteiger partial charge in [0.1, 0.15) is 12.4 Å². The summed E-state index contributed by atoms with van der Waals surface area (Å²) in [5.41, 5.74) is 0.822. The number of amides is 1. The van der Waals surface area contributed by atoms with Gasteiger partial charge in [0.15, 0.2) is 0 Å². The van der Waals surface area contributed by atoms with Gasteiger partial charge in [0.2, 0.25) is 0 Å². The molecule has 3 nitrogen and oxygen atoms in total. The van der Waals surface area contributed by atoms with Crippen molar-refractivity contribution in [3.63, 3.8) is 0 Å². The highest BCUT2D eigenvalue weighted by Gasteiger charge is 2.33. The molecule has 146 valence electrons. The summed E-state index contributed by atoms with van der Waals surface area (Å²) < 4.78 is 44.5. The number of nitrogens with one attached hydrogen (secondary N) is 1. The van der Waals surface area contributed by atoms with Gasteiger partial charge in [-0.3, -0.25) is 4.79 Å². The molecule has 28 heavy (non-hydrogen) atoms. The van der Waals surface area contributed by atoms with Crippen molar-refractivity contribution in [3.05, 3.63) is 80.5 Å².